The van der Waals surface area contributed by atoms with Crippen LogP contribution in [0, 0.1) is 5.82 Å². The highest BCUT2D eigenvalue weighted by Gasteiger charge is 2.33. The zero-order chi connectivity index (χ0) is 14.8. The van der Waals surface area contributed by atoms with Gasteiger partial charge in [0.2, 0.25) is 0 Å². The van der Waals surface area contributed by atoms with E-state index in [1.807, 2.05) is 0 Å². The van der Waals surface area contributed by atoms with Crippen LogP contribution in [-0.4, -0.2) is 17.1 Å². The molecule has 0 spiro atoms. The van der Waals surface area contributed by atoms with E-state index in [-0.39, 0.29) is 5.56 Å². The van der Waals surface area contributed by atoms with Gasteiger partial charge in [0, 0.05) is 18.0 Å². The number of halogens is 4. The molecule has 0 aliphatic carbocycles. The monoisotopic (exact) mass is 285 g/mol. The lowest BCUT2D eigenvalue weighted by molar-refractivity contribution is -0.275. The van der Waals surface area contributed by atoms with Crippen molar-refractivity contribution in [3.8, 4) is 5.75 Å². The van der Waals surface area contributed by atoms with Gasteiger partial charge < -0.3 is 4.74 Å². The Morgan fingerprint density at radius 3 is 2.35 bits per heavy atom. The first-order valence-electron chi connectivity index (χ1n) is 5.37. The number of carbonyl (C=O) groups excluding carboxylic acids is 1. The number of pyridine rings is 1. The molecule has 0 aliphatic heterocycles. The van der Waals surface area contributed by atoms with Crippen LogP contribution in [0.1, 0.15) is 15.9 Å². The fourth-order valence-corrected chi connectivity index (χ4v) is 1.55. The molecule has 0 amide bonds. The topological polar surface area (TPSA) is 39.2 Å². The maximum atomic E-state index is 13.9. The Kier molecular flexibility index (Phi) is 3.69. The summed E-state index contributed by atoms with van der Waals surface area (Å²) in [6.07, 6.45) is -2.39. The zero-order valence-corrected chi connectivity index (χ0v) is 9.82. The van der Waals surface area contributed by atoms with Crippen LogP contribution in [0.15, 0.2) is 42.7 Å². The molecule has 0 saturated carbocycles. The van der Waals surface area contributed by atoms with Gasteiger partial charge in [0.1, 0.15) is 0 Å². The van der Waals surface area contributed by atoms with Crippen molar-refractivity contribution < 1.29 is 27.1 Å². The van der Waals surface area contributed by atoms with Crippen molar-refractivity contribution in [1.82, 2.24) is 4.98 Å². The summed E-state index contributed by atoms with van der Waals surface area (Å²) in [5, 5.41) is 0. The van der Waals surface area contributed by atoms with Crippen LogP contribution in [0.3, 0.4) is 0 Å². The highest BCUT2D eigenvalue weighted by atomic mass is 19.4. The first-order valence-corrected chi connectivity index (χ1v) is 5.37. The Hall–Kier alpha value is -2.44. The molecule has 0 fully saturated rings. The summed E-state index contributed by atoms with van der Waals surface area (Å²) in [5.41, 5.74) is -0.388. The average molecular weight is 285 g/mol. The van der Waals surface area contributed by atoms with Crippen molar-refractivity contribution in [2.75, 3.05) is 0 Å². The quantitative estimate of drug-likeness (QED) is 0.641. The number of nitrogens with zero attached hydrogens (tertiary/aromatic N) is 1. The van der Waals surface area contributed by atoms with E-state index in [0.29, 0.717) is 0 Å². The van der Waals surface area contributed by atoms with Gasteiger partial charge in [-0.2, -0.15) is 0 Å². The third-order valence-corrected chi connectivity index (χ3v) is 2.38. The summed E-state index contributed by atoms with van der Waals surface area (Å²) in [4.78, 5) is 15.7. The SMILES string of the molecule is O=C(c1ccncc1)c1cccc(OC(F)(F)F)c1F. The van der Waals surface area contributed by atoms with Crippen LogP contribution in [0.4, 0.5) is 17.6 Å². The van der Waals surface area contributed by atoms with Crippen molar-refractivity contribution in [3.63, 3.8) is 0 Å². The number of benzene rings is 1. The second kappa shape index (κ2) is 5.28. The molecule has 3 nitrogen and oxygen atoms in total. The van der Waals surface area contributed by atoms with E-state index in [2.05, 4.69) is 9.72 Å². The number of carbonyl (C=O) groups is 1. The van der Waals surface area contributed by atoms with Gasteiger partial charge in [0.05, 0.1) is 5.56 Å². The minimum Gasteiger partial charge on any atom is -0.403 e. The van der Waals surface area contributed by atoms with Gasteiger partial charge >= 0.3 is 6.36 Å². The fourth-order valence-electron chi connectivity index (χ4n) is 1.55. The van der Waals surface area contributed by atoms with Crippen molar-refractivity contribution >= 4 is 5.78 Å². The molecule has 104 valence electrons. The van der Waals surface area contributed by atoms with E-state index in [9.17, 15) is 22.4 Å². The second-order valence-corrected chi connectivity index (χ2v) is 3.73. The fraction of sp³-hybridized carbons (Fsp3) is 0.0769. The molecular weight excluding hydrogens is 278 g/mol. The lowest BCUT2D eigenvalue weighted by atomic mass is 10.0. The van der Waals surface area contributed by atoms with Crippen LogP contribution in [0.25, 0.3) is 0 Å². The first kappa shape index (κ1) is 14.0. The lowest BCUT2D eigenvalue weighted by Gasteiger charge is -2.11. The number of rotatable bonds is 3. The Labute approximate surface area is 110 Å². The molecule has 1 aromatic heterocycles. The number of ether oxygens (including phenoxy) is 1. The molecule has 20 heavy (non-hydrogen) atoms. The Balaban J connectivity index is 2.39. The minimum atomic E-state index is -5.03. The number of aromatic nitrogens is 1. The van der Waals surface area contributed by atoms with Crippen LogP contribution in [0.2, 0.25) is 0 Å². The standard InChI is InChI=1S/C13H7F4NO2/c14-11-9(12(19)8-4-6-18-7-5-8)2-1-3-10(11)20-13(15,16)17/h1-7H. The zero-order valence-electron chi connectivity index (χ0n) is 9.82. The van der Waals surface area contributed by atoms with Gasteiger partial charge in [0.15, 0.2) is 17.3 Å². The predicted molar refractivity (Wildman–Crippen MR) is 60.8 cm³/mol. The van der Waals surface area contributed by atoms with E-state index < -0.39 is 29.3 Å². The summed E-state index contributed by atoms with van der Waals surface area (Å²) in [6.45, 7) is 0. The average Bonchev–Trinajstić information content (AvgIpc) is 2.40. The van der Waals surface area contributed by atoms with E-state index in [0.717, 1.165) is 18.2 Å². The molecular formula is C13H7F4NO2. The van der Waals surface area contributed by atoms with Crippen molar-refractivity contribution in [3.05, 3.63) is 59.7 Å². The number of ketones is 1. The van der Waals surface area contributed by atoms with Crippen LogP contribution in [-0.2, 0) is 0 Å². The van der Waals surface area contributed by atoms with Gasteiger partial charge in [-0.1, -0.05) is 6.07 Å². The van der Waals surface area contributed by atoms with E-state index in [4.69, 9.17) is 0 Å². The van der Waals surface area contributed by atoms with Crippen LogP contribution >= 0.6 is 0 Å². The largest absolute Gasteiger partial charge is 0.573 e. The molecule has 0 bridgehead atoms. The number of alkyl halides is 3. The third-order valence-electron chi connectivity index (χ3n) is 2.38. The number of hydrogen-bond donors (Lipinski definition) is 0. The summed E-state index contributed by atoms with van der Waals surface area (Å²) < 4.78 is 53.7. The molecule has 0 N–H and O–H groups in total. The van der Waals surface area contributed by atoms with Gasteiger partial charge in [0.25, 0.3) is 0 Å². The van der Waals surface area contributed by atoms with Crippen LogP contribution in [0.5, 0.6) is 5.75 Å². The van der Waals surface area contributed by atoms with Gasteiger partial charge in [-0.3, -0.25) is 9.78 Å². The van der Waals surface area contributed by atoms with E-state index >= 15 is 0 Å². The second-order valence-electron chi connectivity index (χ2n) is 3.73. The molecule has 0 aliphatic rings. The molecule has 1 aromatic carbocycles. The smallest absolute Gasteiger partial charge is 0.403 e. The lowest BCUT2D eigenvalue weighted by Crippen LogP contribution is -2.18. The summed E-state index contributed by atoms with van der Waals surface area (Å²) in [7, 11) is 0. The van der Waals surface area contributed by atoms with E-state index in [1.165, 1.54) is 24.5 Å². The molecule has 1 heterocycles. The summed E-state index contributed by atoms with van der Waals surface area (Å²) in [5.74, 6) is -3.15. The van der Waals surface area contributed by atoms with Crippen molar-refractivity contribution in [1.29, 1.82) is 0 Å². The Morgan fingerprint density at radius 2 is 1.75 bits per heavy atom. The normalized spacial score (nSPS) is 11.2. The molecule has 2 rings (SSSR count). The molecule has 0 unspecified atom stereocenters. The van der Waals surface area contributed by atoms with E-state index in [1.54, 1.807) is 0 Å². The molecule has 0 radical (unpaired) electrons. The highest BCUT2D eigenvalue weighted by molar-refractivity contribution is 6.09. The molecule has 0 atom stereocenters. The van der Waals surface area contributed by atoms with Gasteiger partial charge in [-0.05, 0) is 24.3 Å². The first-order chi connectivity index (χ1) is 9.38. The van der Waals surface area contributed by atoms with Crippen LogP contribution < -0.4 is 4.74 Å². The summed E-state index contributed by atoms with van der Waals surface area (Å²) in [6, 6.07) is 5.66. The maximum Gasteiger partial charge on any atom is 0.573 e. The Morgan fingerprint density at radius 1 is 1.10 bits per heavy atom. The minimum absolute atomic E-state index is 0.114. The maximum absolute atomic E-state index is 13.9. The summed E-state index contributed by atoms with van der Waals surface area (Å²) >= 11 is 0. The van der Waals surface area contributed by atoms with Crippen molar-refractivity contribution in [2.24, 2.45) is 0 Å². The molecule has 0 saturated heterocycles. The molecule has 2 aromatic rings. The van der Waals surface area contributed by atoms with Gasteiger partial charge in [-0.15, -0.1) is 13.2 Å². The Bertz CT molecular complexity index is 626. The van der Waals surface area contributed by atoms with Gasteiger partial charge in [-0.25, -0.2) is 4.39 Å². The highest BCUT2D eigenvalue weighted by Crippen LogP contribution is 2.28. The third kappa shape index (κ3) is 3.11. The van der Waals surface area contributed by atoms with Crippen molar-refractivity contribution in [2.45, 2.75) is 6.36 Å². The predicted octanol–water partition coefficient (Wildman–Crippen LogP) is 3.35. The molecule has 7 heteroatoms. The number of hydrogen-bond acceptors (Lipinski definition) is 3.